The lowest BCUT2D eigenvalue weighted by Crippen LogP contribution is -2.56. The third-order valence-corrected chi connectivity index (χ3v) is 5.89. The summed E-state index contributed by atoms with van der Waals surface area (Å²) in [5, 5.41) is 0. The summed E-state index contributed by atoms with van der Waals surface area (Å²) in [4.78, 5) is 38.2. The van der Waals surface area contributed by atoms with Crippen molar-refractivity contribution in [1.29, 1.82) is 0 Å². The summed E-state index contributed by atoms with van der Waals surface area (Å²) >= 11 is 1.98. The average molecular weight is 489 g/mol. The zero-order valence-electron chi connectivity index (χ0n) is 15.9. The largest absolute Gasteiger partial charge is 0.458 e. The van der Waals surface area contributed by atoms with Crippen molar-refractivity contribution in [2.75, 3.05) is 6.54 Å². The third-order valence-electron chi connectivity index (χ3n) is 4.86. The van der Waals surface area contributed by atoms with E-state index in [1.165, 1.54) is 6.92 Å². The molecule has 7 nitrogen and oxygen atoms in total. The molecule has 1 fully saturated rings. The molecule has 2 aliphatic heterocycles. The number of ether oxygens (including phenoxy) is 3. The Kier molecular flexibility index (Phi) is 5.31. The van der Waals surface area contributed by atoms with Crippen molar-refractivity contribution in [3.05, 3.63) is 21.3 Å². The highest BCUT2D eigenvalue weighted by atomic mass is 127. The second-order valence-corrected chi connectivity index (χ2v) is 9.13. The number of nitrogens with zero attached hydrogens (tertiary/aromatic N) is 1. The van der Waals surface area contributed by atoms with Crippen LogP contribution in [0.3, 0.4) is 0 Å². The van der Waals surface area contributed by atoms with Crippen LogP contribution >= 0.6 is 22.6 Å². The van der Waals surface area contributed by atoms with E-state index in [0.29, 0.717) is 23.0 Å². The van der Waals surface area contributed by atoms with Crippen LogP contribution in [-0.2, 0) is 23.8 Å². The van der Waals surface area contributed by atoms with Gasteiger partial charge in [0.2, 0.25) is 0 Å². The van der Waals surface area contributed by atoms with Crippen molar-refractivity contribution < 1.29 is 28.6 Å². The first kappa shape index (κ1) is 20.2. The van der Waals surface area contributed by atoms with Gasteiger partial charge >= 0.3 is 18.0 Å². The van der Waals surface area contributed by atoms with Crippen molar-refractivity contribution in [1.82, 2.24) is 4.90 Å². The van der Waals surface area contributed by atoms with Crippen molar-refractivity contribution in [2.45, 2.75) is 70.3 Å². The number of carbonyl (C=O) groups is 3. The zero-order chi connectivity index (χ0) is 20.0. The minimum absolute atomic E-state index is 0.292. The van der Waals surface area contributed by atoms with Crippen molar-refractivity contribution >= 4 is 40.6 Å². The first-order valence-electron chi connectivity index (χ1n) is 9.02. The van der Waals surface area contributed by atoms with Crippen LogP contribution in [0.25, 0.3) is 0 Å². The highest BCUT2D eigenvalue weighted by molar-refractivity contribution is 14.1. The number of hydrogen-bond acceptors (Lipinski definition) is 6. The van der Waals surface area contributed by atoms with Crippen LogP contribution in [0.15, 0.2) is 21.3 Å². The molecule has 0 aromatic rings. The van der Waals surface area contributed by atoms with Gasteiger partial charge in [0.25, 0.3) is 0 Å². The minimum Gasteiger partial charge on any atom is -0.458 e. The topological polar surface area (TPSA) is 82.1 Å². The number of likely N-dealkylation sites (tertiary alicyclic amines) is 1. The molecule has 0 saturated carbocycles. The number of amides is 1. The van der Waals surface area contributed by atoms with Crippen LogP contribution in [0.4, 0.5) is 4.79 Å². The fourth-order valence-electron chi connectivity index (χ4n) is 3.97. The fourth-order valence-corrected chi connectivity index (χ4v) is 4.71. The van der Waals surface area contributed by atoms with E-state index in [9.17, 15) is 14.4 Å². The van der Waals surface area contributed by atoms with Crippen molar-refractivity contribution in [3.8, 4) is 0 Å². The summed E-state index contributed by atoms with van der Waals surface area (Å²) in [6, 6.07) is -0.360. The van der Waals surface area contributed by atoms with E-state index in [1.54, 1.807) is 17.1 Å². The van der Waals surface area contributed by atoms with Gasteiger partial charge in [-0.2, -0.15) is 0 Å². The molecule has 3 atom stereocenters. The summed E-state index contributed by atoms with van der Waals surface area (Å²) in [7, 11) is 0. The Bertz CT molecular complexity index is 737. The first-order chi connectivity index (χ1) is 12.5. The fraction of sp³-hybridized carbons (Fsp3) is 0.632. The van der Waals surface area contributed by atoms with E-state index in [0.717, 1.165) is 12.0 Å². The van der Waals surface area contributed by atoms with E-state index < -0.39 is 35.3 Å². The second-order valence-electron chi connectivity index (χ2n) is 8.05. The predicted molar refractivity (Wildman–Crippen MR) is 105 cm³/mol. The summed E-state index contributed by atoms with van der Waals surface area (Å²) in [5.74, 6) is -0.809. The van der Waals surface area contributed by atoms with Crippen molar-refractivity contribution in [3.63, 3.8) is 0 Å². The summed E-state index contributed by atoms with van der Waals surface area (Å²) in [6.45, 7) is 7.33. The molecule has 1 saturated heterocycles. The smallest absolute Gasteiger partial charge is 0.410 e. The highest BCUT2D eigenvalue weighted by Crippen LogP contribution is 2.49. The van der Waals surface area contributed by atoms with Gasteiger partial charge in [-0.05, 0) is 62.3 Å². The number of fused-ring (bicyclic) bond motifs is 1. The quantitative estimate of drug-likeness (QED) is 0.337. The van der Waals surface area contributed by atoms with E-state index >= 15 is 0 Å². The number of carbonyl (C=O) groups excluding carboxylic acids is 3. The molecule has 2 heterocycles. The maximum atomic E-state index is 12.8. The lowest BCUT2D eigenvalue weighted by molar-refractivity contribution is -0.157. The molecule has 0 aromatic carbocycles. The molecular weight excluding hydrogens is 465 g/mol. The standard InChI is InChI=1S/C19H24INO6/c1-11(22)25-12-7-8-13-15(20)16(23)26-19(13,10-12)14-6-5-9-21(14)17(24)27-18(2,3)4/h7-8,12,14H,5-6,9-10H2,1-4H3/t12-,14+,19-/m0/s1. The van der Waals surface area contributed by atoms with Gasteiger partial charge in [-0.3, -0.25) is 4.79 Å². The molecule has 148 valence electrons. The van der Waals surface area contributed by atoms with Gasteiger partial charge in [0, 0.05) is 25.5 Å². The van der Waals surface area contributed by atoms with Gasteiger partial charge in [0.05, 0.1) is 6.04 Å². The van der Waals surface area contributed by atoms with Crippen LogP contribution in [0.1, 0.15) is 47.0 Å². The Morgan fingerprint density at radius 2 is 2.07 bits per heavy atom. The Hall–Kier alpha value is -1.58. The van der Waals surface area contributed by atoms with E-state index in [-0.39, 0.29) is 6.04 Å². The molecule has 8 heteroatoms. The Morgan fingerprint density at radius 3 is 2.70 bits per heavy atom. The lowest BCUT2D eigenvalue weighted by Gasteiger charge is -2.43. The Labute approximate surface area is 172 Å². The van der Waals surface area contributed by atoms with Crippen LogP contribution in [0.5, 0.6) is 0 Å². The number of hydrogen-bond donors (Lipinski definition) is 0. The van der Waals surface area contributed by atoms with E-state index in [1.807, 2.05) is 43.4 Å². The van der Waals surface area contributed by atoms with Gasteiger partial charge in [0.1, 0.15) is 15.3 Å². The number of rotatable bonds is 2. The molecule has 1 aliphatic carbocycles. The number of halogens is 1. The van der Waals surface area contributed by atoms with Crippen LogP contribution in [-0.4, -0.2) is 52.8 Å². The molecule has 1 amide bonds. The summed E-state index contributed by atoms with van der Waals surface area (Å²) < 4.78 is 17.3. The van der Waals surface area contributed by atoms with Gasteiger partial charge in [-0.25, -0.2) is 9.59 Å². The van der Waals surface area contributed by atoms with Gasteiger partial charge in [-0.15, -0.1) is 0 Å². The number of esters is 2. The Morgan fingerprint density at radius 1 is 1.37 bits per heavy atom. The average Bonchev–Trinajstić information content (AvgIpc) is 3.10. The molecule has 0 bridgehead atoms. The van der Waals surface area contributed by atoms with Crippen LogP contribution in [0.2, 0.25) is 0 Å². The normalized spacial score (nSPS) is 30.3. The van der Waals surface area contributed by atoms with Crippen LogP contribution in [0, 0.1) is 0 Å². The third kappa shape index (κ3) is 3.86. The molecule has 3 aliphatic rings. The molecule has 0 N–H and O–H groups in total. The maximum Gasteiger partial charge on any atom is 0.410 e. The molecule has 3 rings (SSSR count). The van der Waals surface area contributed by atoms with E-state index in [4.69, 9.17) is 14.2 Å². The molecule has 0 aromatic heterocycles. The maximum absolute atomic E-state index is 12.8. The first-order valence-corrected chi connectivity index (χ1v) is 10.1. The lowest BCUT2D eigenvalue weighted by atomic mass is 9.77. The predicted octanol–water partition coefficient (Wildman–Crippen LogP) is 3.26. The SMILES string of the molecule is CC(=O)O[C@H]1C=CC2=C(I)C(=O)O[C@@]2([C@H]2CCCN2C(=O)OC(C)(C)C)C1. The van der Waals surface area contributed by atoms with E-state index in [2.05, 4.69) is 0 Å². The van der Waals surface area contributed by atoms with Gasteiger partial charge in [0.15, 0.2) is 5.60 Å². The Balaban J connectivity index is 1.95. The second kappa shape index (κ2) is 7.10. The molecule has 27 heavy (non-hydrogen) atoms. The monoisotopic (exact) mass is 489 g/mol. The van der Waals surface area contributed by atoms with Crippen LogP contribution < -0.4 is 0 Å². The summed E-state index contributed by atoms with van der Waals surface area (Å²) in [5.41, 5.74) is -0.888. The minimum atomic E-state index is -1.02. The molecule has 0 unspecified atom stereocenters. The molecule has 0 radical (unpaired) electrons. The van der Waals surface area contributed by atoms with Crippen molar-refractivity contribution in [2.24, 2.45) is 0 Å². The zero-order valence-corrected chi connectivity index (χ0v) is 18.1. The highest BCUT2D eigenvalue weighted by Gasteiger charge is 2.58. The van der Waals surface area contributed by atoms with Gasteiger partial charge in [-0.1, -0.05) is 6.08 Å². The molecule has 0 spiro atoms. The summed E-state index contributed by atoms with van der Waals surface area (Å²) in [6.07, 6.45) is 4.38. The van der Waals surface area contributed by atoms with Gasteiger partial charge < -0.3 is 19.1 Å². The molecular formula is C19H24INO6.